The van der Waals surface area contributed by atoms with E-state index in [1.807, 2.05) is 13.8 Å². The molecule has 0 aliphatic heterocycles. The second kappa shape index (κ2) is 4.78. The van der Waals surface area contributed by atoms with Crippen molar-refractivity contribution >= 4 is 12.0 Å². The van der Waals surface area contributed by atoms with Crippen LogP contribution in [0.5, 0.6) is 0 Å². The molecule has 56 valence electrons. The summed E-state index contributed by atoms with van der Waals surface area (Å²) in [6.45, 7) is 3.65. The topological polar surface area (TPSA) is 65.6 Å². The van der Waals surface area contributed by atoms with Gasteiger partial charge >= 0.3 is 0 Å². The van der Waals surface area contributed by atoms with Gasteiger partial charge in [-0.1, -0.05) is 19.1 Å². The van der Waals surface area contributed by atoms with Crippen molar-refractivity contribution in [3.63, 3.8) is 0 Å². The van der Waals surface area contributed by atoms with Gasteiger partial charge < -0.3 is 0 Å². The summed E-state index contributed by atoms with van der Waals surface area (Å²) in [6.07, 6.45) is 1.62. The zero-order valence-corrected chi connectivity index (χ0v) is 6.16. The minimum absolute atomic E-state index is 0.0391. The van der Waals surface area contributed by atoms with Crippen LogP contribution in [0.4, 0.5) is 0 Å². The van der Waals surface area contributed by atoms with Crippen molar-refractivity contribution in [2.24, 2.45) is 16.2 Å². The number of hydrogen-bond acceptors (Lipinski definition) is 3. The fourth-order valence-corrected chi connectivity index (χ4v) is 0.407. The Morgan fingerprint density at radius 3 is 2.70 bits per heavy atom. The Kier molecular flexibility index (Phi) is 4.28. The lowest BCUT2D eigenvalue weighted by molar-refractivity contribution is -0.120. The quantitative estimate of drug-likeness (QED) is 0.361. The molecule has 0 aromatic heterocycles. The first kappa shape index (κ1) is 8.94. The van der Waals surface area contributed by atoms with Crippen LogP contribution < -0.4 is 0 Å². The van der Waals surface area contributed by atoms with Crippen LogP contribution in [-0.2, 0) is 4.79 Å². The molecule has 10 heavy (non-hydrogen) atoms. The van der Waals surface area contributed by atoms with Crippen LogP contribution in [0.2, 0.25) is 0 Å². The molecule has 4 nitrogen and oxygen atoms in total. The van der Waals surface area contributed by atoms with Crippen molar-refractivity contribution in [2.75, 3.05) is 0 Å². The Morgan fingerprint density at radius 2 is 2.30 bits per heavy atom. The van der Waals surface area contributed by atoms with Crippen molar-refractivity contribution in [3.05, 3.63) is 0 Å². The molecule has 0 saturated heterocycles. The highest BCUT2D eigenvalue weighted by molar-refractivity contribution is 5.92. The second-order valence-electron chi connectivity index (χ2n) is 2.22. The molecule has 0 heterocycles. The molecule has 0 radical (unpaired) electrons. The van der Waals surface area contributed by atoms with Gasteiger partial charge in [-0.2, -0.15) is 5.53 Å². The van der Waals surface area contributed by atoms with Crippen LogP contribution in [-0.4, -0.2) is 12.0 Å². The largest absolute Gasteiger partial charge is 0.299 e. The molecule has 0 fully saturated rings. The van der Waals surface area contributed by atoms with E-state index in [-0.39, 0.29) is 18.1 Å². The summed E-state index contributed by atoms with van der Waals surface area (Å²) in [6, 6.07) is 0. The third-order valence-electron chi connectivity index (χ3n) is 1.08. The van der Waals surface area contributed by atoms with E-state index in [1.54, 1.807) is 0 Å². The molecule has 0 aliphatic carbocycles. The van der Waals surface area contributed by atoms with Crippen LogP contribution in [0.3, 0.4) is 0 Å². The number of nitrogens with one attached hydrogen (secondary N) is 1. The van der Waals surface area contributed by atoms with E-state index in [2.05, 4.69) is 10.3 Å². The summed E-state index contributed by atoms with van der Waals surface area (Å²) < 4.78 is 0. The van der Waals surface area contributed by atoms with Crippen molar-refractivity contribution in [1.82, 2.24) is 0 Å². The Hall–Kier alpha value is -1.06. The summed E-state index contributed by atoms with van der Waals surface area (Å²) in [5.74, 6) is 0.157. The molecule has 0 bridgehead atoms. The zero-order valence-electron chi connectivity index (χ0n) is 6.16. The SMILES string of the molecule is CC(C)C(=O)C/C=N/N=N. The van der Waals surface area contributed by atoms with Gasteiger partial charge in [-0.05, 0) is 0 Å². The molecule has 0 aromatic rings. The highest BCUT2D eigenvalue weighted by atomic mass is 16.1. The molecule has 0 unspecified atom stereocenters. The van der Waals surface area contributed by atoms with Gasteiger partial charge in [0.1, 0.15) is 5.78 Å². The van der Waals surface area contributed by atoms with Gasteiger partial charge in [0.05, 0.1) is 0 Å². The van der Waals surface area contributed by atoms with E-state index in [0.29, 0.717) is 0 Å². The molecule has 0 aliphatic rings. The summed E-state index contributed by atoms with van der Waals surface area (Å²) >= 11 is 0. The average molecular weight is 141 g/mol. The Labute approximate surface area is 59.8 Å². The van der Waals surface area contributed by atoms with Gasteiger partial charge in [0.2, 0.25) is 0 Å². The molecule has 1 N–H and O–H groups in total. The number of hydrogen-bond donors (Lipinski definition) is 1. The van der Waals surface area contributed by atoms with Crippen LogP contribution in [0.1, 0.15) is 20.3 Å². The summed E-state index contributed by atoms with van der Waals surface area (Å²) in [5, 5.41) is 5.97. The summed E-state index contributed by atoms with van der Waals surface area (Å²) in [5.41, 5.74) is 6.27. The maximum atomic E-state index is 10.8. The molecule has 4 heteroatoms. The molecule has 0 rings (SSSR count). The molecular formula is C6H11N3O. The van der Waals surface area contributed by atoms with Crippen molar-refractivity contribution in [2.45, 2.75) is 20.3 Å². The Morgan fingerprint density at radius 1 is 1.70 bits per heavy atom. The van der Waals surface area contributed by atoms with Gasteiger partial charge in [0, 0.05) is 18.6 Å². The van der Waals surface area contributed by atoms with Crippen molar-refractivity contribution < 1.29 is 4.79 Å². The van der Waals surface area contributed by atoms with Crippen LogP contribution >= 0.6 is 0 Å². The maximum Gasteiger partial charge on any atom is 0.140 e. The van der Waals surface area contributed by atoms with Gasteiger partial charge in [0.25, 0.3) is 0 Å². The average Bonchev–Trinajstić information content (AvgIpc) is 1.88. The van der Waals surface area contributed by atoms with Gasteiger partial charge in [-0.25, -0.2) is 0 Å². The standard InChI is InChI=1S/C6H11N3O/c1-5(2)6(10)3-4-8-9-7/h4-5,7H,3H2,1-2H3/b8-4+,9-7?. The fraction of sp³-hybridized carbons (Fsp3) is 0.667. The molecular weight excluding hydrogens is 130 g/mol. The van der Waals surface area contributed by atoms with Crippen molar-refractivity contribution in [1.29, 1.82) is 5.53 Å². The monoisotopic (exact) mass is 141 g/mol. The van der Waals surface area contributed by atoms with Crippen molar-refractivity contribution in [3.8, 4) is 0 Å². The Balaban J connectivity index is 3.59. The minimum Gasteiger partial charge on any atom is -0.299 e. The van der Waals surface area contributed by atoms with E-state index in [4.69, 9.17) is 5.53 Å². The number of Topliss-reactive ketones (excluding diaryl/α,β-unsaturated/α-hetero) is 1. The second-order valence-corrected chi connectivity index (χ2v) is 2.22. The van der Waals surface area contributed by atoms with E-state index in [9.17, 15) is 4.79 Å². The molecule has 0 saturated carbocycles. The van der Waals surface area contributed by atoms with E-state index < -0.39 is 0 Å². The number of carbonyl (C=O) groups excluding carboxylic acids is 1. The first-order chi connectivity index (χ1) is 4.68. The third-order valence-corrected chi connectivity index (χ3v) is 1.08. The van der Waals surface area contributed by atoms with Gasteiger partial charge in [0.15, 0.2) is 0 Å². The lowest BCUT2D eigenvalue weighted by Gasteiger charge is -1.96. The maximum absolute atomic E-state index is 10.8. The minimum atomic E-state index is 0.0391. The lowest BCUT2D eigenvalue weighted by Crippen LogP contribution is -2.06. The highest BCUT2D eigenvalue weighted by Gasteiger charge is 2.03. The smallest absolute Gasteiger partial charge is 0.140 e. The van der Waals surface area contributed by atoms with E-state index in [0.717, 1.165) is 0 Å². The number of carbonyl (C=O) groups is 1. The Bertz CT molecular complexity index is 151. The molecule has 0 aromatic carbocycles. The molecule has 0 spiro atoms. The normalized spacial score (nSPS) is 10.7. The lowest BCUT2D eigenvalue weighted by atomic mass is 10.1. The first-order valence-electron chi connectivity index (χ1n) is 3.09. The summed E-state index contributed by atoms with van der Waals surface area (Å²) in [4.78, 5) is 10.8. The number of ketones is 1. The highest BCUT2D eigenvalue weighted by Crippen LogP contribution is 1.95. The van der Waals surface area contributed by atoms with Crippen LogP contribution in [0, 0.1) is 11.4 Å². The van der Waals surface area contributed by atoms with E-state index >= 15 is 0 Å². The third kappa shape index (κ3) is 3.88. The van der Waals surface area contributed by atoms with Crippen LogP contribution in [0.15, 0.2) is 10.3 Å². The van der Waals surface area contributed by atoms with Gasteiger partial charge in [-0.15, -0.1) is 5.10 Å². The van der Waals surface area contributed by atoms with E-state index in [1.165, 1.54) is 6.21 Å². The van der Waals surface area contributed by atoms with Gasteiger partial charge in [-0.3, -0.25) is 4.79 Å². The predicted octanol–water partition coefficient (Wildman–Crippen LogP) is 1.62. The zero-order chi connectivity index (χ0) is 7.98. The first-order valence-corrected chi connectivity index (χ1v) is 3.09. The summed E-state index contributed by atoms with van der Waals surface area (Å²) in [7, 11) is 0. The molecule has 0 atom stereocenters. The predicted molar refractivity (Wildman–Crippen MR) is 38.1 cm³/mol. The molecule has 0 amide bonds. The number of nitrogens with zero attached hydrogens (tertiary/aromatic N) is 2. The fourth-order valence-electron chi connectivity index (χ4n) is 0.407. The number of rotatable bonds is 4. The van der Waals surface area contributed by atoms with Crippen LogP contribution in [0.25, 0.3) is 0 Å².